The van der Waals surface area contributed by atoms with Gasteiger partial charge < -0.3 is 16.2 Å². The number of imidazole rings is 1. The third-order valence-corrected chi connectivity index (χ3v) is 5.17. The molecule has 0 saturated heterocycles. The quantitative estimate of drug-likeness (QED) is 0.487. The van der Waals surface area contributed by atoms with E-state index < -0.39 is 18.2 Å². The number of carbonyl (C=O) groups is 2. The van der Waals surface area contributed by atoms with Gasteiger partial charge in [0.25, 0.3) is 0 Å². The highest BCUT2D eigenvalue weighted by atomic mass is 79.9. The lowest BCUT2D eigenvalue weighted by atomic mass is 10.1. The Hall–Kier alpha value is -2.51. The molecule has 3 aromatic rings. The summed E-state index contributed by atoms with van der Waals surface area (Å²) in [5.41, 5.74) is 8.67. The highest BCUT2D eigenvalue weighted by molar-refractivity contribution is 9.11. The molecule has 0 fully saturated rings. The molecule has 0 aliphatic carbocycles. The summed E-state index contributed by atoms with van der Waals surface area (Å²) < 4.78 is 34.6. The zero-order valence-corrected chi connectivity index (χ0v) is 17.9. The van der Waals surface area contributed by atoms with Gasteiger partial charge in [0.05, 0.1) is 22.1 Å². The number of fused-ring (bicyclic) bond motifs is 1. The fourth-order valence-electron chi connectivity index (χ4n) is 2.20. The molecule has 0 radical (unpaired) electrons. The largest absolute Gasteiger partial charge is 0.490 e. The molecule has 13 heteroatoms. The summed E-state index contributed by atoms with van der Waals surface area (Å²) >= 11 is 4.98. The molecule has 162 valence electrons. The monoisotopic (exact) mass is 507 g/mol. The molecule has 1 atom stereocenters. The molecule has 3 heterocycles. The van der Waals surface area contributed by atoms with Crippen molar-refractivity contribution in [2.75, 3.05) is 0 Å². The Balaban J connectivity index is 0.000000396. The van der Waals surface area contributed by atoms with E-state index in [9.17, 15) is 18.0 Å². The second-order valence-corrected chi connectivity index (χ2v) is 8.39. The second kappa shape index (κ2) is 10.00. The first-order chi connectivity index (χ1) is 14.0. The molecule has 0 aromatic carbocycles. The van der Waals surface area contributed by atoms with E-state index in [1.165, 1.54) is 0 Å². The predicted molar refractivity (Wildman–Crippen MR) is 107 cm³/mol. The number of aliphatic carboxylic acids is 1. The van der Waals surface area contributed by atoms with Gasteiger partial charge in [-0.2, -0.15) is 13.2 Å². The minimum atomic E-state index is -5.08. The fraction of sp³-hybridized carbons (Fsp3) is 0.294. The van der Waals surface area contributed by atoms with Crippen molar-refractivity contribution in [1.82, 2.24) is 19.7 Å². The first-order valence-corrected chi connectivity index (χ1v) is 10.0. The van der Waals surface area contributed by atoms with Crippen LogP contribution in [0.2, 0.25) is 0 Å². The minimum Gasteiger partial charge on any atom is -0.475 e. The van der Waals surface area contributed by atoms with Crippen LogP contribution >= 0.6 is 27.3 Å². The number of nitrogens with zero attached hydrogens (tertiary/aromatic N) is 3. The summed E-state index contributed by atoms with van der Waals surface area (Å²) in [6.07, 6.45) is -0.820. The number of carboxylic acids is 1. The molecule has 1 amide bonds. The van der Waals surface area contributed by atoms with Crippen molar-refractivity contribution < 1.29 is 27.9 Å². The SMILES string of the molecule is Cc1ccn2cc(CNC(=O)C(N)Cc3csc(Br)c3)nc2n1.O=C(O)C(F)(F)F. The van der Waals surface area contributed by atoms with Crippen LogP contribution in [0.15, 0.2) is 33.7 Å². The summed E-state index contributed by atoms with van der Waals surface area (Å²) in [6, 6.07) is 3.31. The van der Waals surface area contributed by atoms with Gasteiger partial charge >= 0.3 is 12.1 Å². The molecule has 30 heavy (non-hydrogen) atoms. The normalized spacial score (nSPS) is 12.2. The maximum Gasteiger partial charge on any atom is 0.490 e. The molecule has 4 N–H and O–H groups in total. The third kappa shape index (κ3) is 7.07. The summed E-state index contributed by atoms with van der Waals surface area (Å²) in [5, 5.41) is 11.9. The number of hydrogen-bond donors (Lipinski definition) is 3. The number of rotatable bonds is 5. The van der Waals surface area contributed by atoms with Crippen LogP contribution in [-0.2, 0) is 22.6 Å². The molecule has 3 rings (SSSR count). The van der Waals surface area contributed by atoms with Crippen LogP contribution < -0.4 is 11.1 Å². The lowest BCUT2D eigenvalue weighted by Crippen LogP contribution is -2.41. The Morgan fingerprint density at radius 1 is 1.40 bits per heavy atom. The van der Waals surface area contributed by atoms with Gasteiger partial charge in [-0.15, -0.1) is 11.3 Å². The highest BCUT2D eigenvalue weighted by Gasteiger charge is 2.38. The minimum absolute atomic E-state index is 0.187. The number of aryl methyl sites for hydroxylation is 1. The molecular weight excluding hydrogens is 491 g/mol. The highest BCUT2D eigenvalue weighted by Crippen LogP contribution is 2.21. The maximum atomic E-state index is 12.1. The van der Waals surface area contributed by atoms with Gasteiger partial charge in [0.1, 0.15) is 0 Å². The second-order valence-electron chi connectivity index (χ2n) is 6.10. The number of thiophene rings is 1. The molecular formula is C17H17BrF3N5O3S. The van der Waals surface area contributed by atoms with E-state index >= 15 is 0 Å². The van der Waals surface area contributed by atoms with Crippen LogP contribution in [-0.4, -0.2) is 43.6 Å². The van der Waals surface area contributed by atoms with E-state index in [4.69, 9.17) is 15.6 Å². The van der Waals surface area contributed by atoms with Crippen LogP contribution in [0.1, 0.15) is 17.0 Å². The summed E-state index contributed by atoms with van der Waals surface area (Å²) in [4.78, 5) is 29.7. The molecule has 0 bridgehead atoms. The van der Waals surface area contributed by atoms with E-state index in [-0.39, 0.29) is 5.91 Å². The van der Waals surface area contributed by atoms with Crippen molar-refractivity contribution in [3.8, 4) is 0 Å². The molecule has 8 nitrogen and oxygen atoms in total. The molecule has 3 aromatic heterocycles. The van der Waals surface area contributed by atoms with E-state index in [2.05, 4.69) is 31.2 Å². The van der Waals surface area contributed by atoms with Crippen molar-refractivity contribution in [3.05, 3.63) is 50.6 Å². The smallest absolute Gasteiger partial charge is 0.475 e. The van der Waals surface area contributed by atoms with Gasteiger partial charge in [0.2, 0.25) is 11.7 Å². The third-order valence-electron chi connectivity index (χ3n) is 3.62. The Bertz CT molecular complexity index is 1040. The average molecular weight is 508 g/mol. The summed E-state index contributed by atoms with van der Waals surface area (Å²) in [7, 11) is 0. The zero-order valence-electron chi connectivity index (χ0n) is 15.5. The van der Waals surface area contributed by atoms with Crippen molar-refractivity contribution in [1.29, 1.82) is 0 Å². The molecule has 0 saturated carbocycles. The van der Waals surface area contributed by atoms with Crippen LogP contribution in [0.5, 0.6) is 0 Å². The van der Waals surface area contributed by atoms with Crippen LogP contribution in [0.4, 0.5) is 13.2 Å². The lowest BCUT2D eigenvalue weighted by Gasteiger charge is -2.10. The zero-order chi connectivity index (χ0) is 22.5. The van der Waals surface area contributed by atoms with Crippen LogP contribution in [0, 0.1) is 6.92 Å². The number of halogens is 4. The lowest BCUT2D eigenvalue weighted by molar-refractivity contribution is -0.192. The number of carbonyl (C=O) groups excluding carboxylic acids is 1. The number of nitrogens with two attached hydrogens (primary N) is 1. The standard InChI is InChI=1S/C15H16BrN5OS.C2HF3O2/c1-9-2-3-21-7-11(20-15(21)19-9)6-18-14(22)12(17)4-10-5-13(16)23-8-10;3-2(4,5)1(6)7/h2-3,5,7-8,12H,4,6,17H2,1H3,(H,18,22);(H,6,7). The number of alkyl halides is 3. The van der Waals surface area contributed by atoms with Crippen molar-refractivity contribution >= 4 is 44.9 Å². The summed E-state index contributed by atoms with van der Waals surface area (Å²) in [5.74, 6) is -2.32. The molecule has 0 aliphatic heterocycles. The molecule has 0 spiro atoms. The van der Waals surface area contributed by atoms with E-state index in [0.717, 1.165) is 20.7 Å². The van der Waals surface area contributed by atoms with Crippen molar-refractivity contribution in [2.45, 2.75) is 32.1 Å². The van der Waals surface area contributed by atoms with Gasteiger partial charge in [-0.1, -0.05) is 0 Å². The Kier molecular flexibility index (Phi) is 7.92. The van der Waals surface area contributed by atoms with Gasteiger partial charge in [-0.3, -0.25) is 9.20 Å². The fourth-order valence-corrected chi connectivity index (χ4v) is 3.42. The summed E-state index contributed by atoms with van der Waals surface area (Å²) in [6.45, 7) is 2.25. The number of carboxylic acid groups (broad SMARTS) is 1. The van der Waals surface area contributed by atoms with Crippen molar-refractivity contribution in [2.24, 2.45) is 5.73 Å². The van der Waals surface area contributed by atoms with E-state index in [1.807, 2.05) is 41.2 Å². The van der Waals surface area contributed by atoms with E-state index in [0.29, 0.717) is 18.7 Å². The number of amides is 1. The van der Waals surface area contributed by atoms with E-state index in [1.54, 1.807) is 11.3 Å². The Morgan fingerprint density at radius 2 is 2.07 bits per heavy atom. The van der Waals surface area contributed by atoms with Gasteiger partial charge in [-0.25, -0.2) is 14.8 Å². The van der Waals surface area contributed by atoms with Crippen LogP contribution in [0.25, 0.3) is 5.78 Å². The van der Waals surface area contributed by atoms with Gasteiger partial charge in [0, 0.05) is 18.1 Å². The number of nitrogens with one attached hydrogen (secondary N) is 1. The predicted octanol–water partition coefficient (Wildman–Crippen LogP) is 2.68. The molecule has 1 unspecified atom stereocenters. The van der Waals surface area contributed by atoms with Crippen molar-refractivity contribution in [3.63, 3.8) is 0 Å². The molecule has 0 aliphatic rings. The van der Waals surface area contributed by atoms with Gasteiger partial charge in [0.15, 0.2) is 0 Å². The first-order valence-electron chi connectivity index (χ1n) is 8.33. The number of aromatic nitrogens is 3. The Morgan fingerprint density at radius 3 is 2.63 bits per heavy atom. The number of hydrogen-bond acceptors (Lipinski definition) is 6. The van der Waals surface area contributed by atoms with Crippen LogP contribution in [0.3, 0.4) is 0 Å². The Labute approximate surface area is 181 Å². The first kappa shape index (κ1) is 23.8. The topological polar surface area (TPSA) is 123 Å². The van der Waals surface area contributed by atoms with Gasteiger partial charge in [-0.05, 0) is 52.4 Å². The average Bonchev–Trinajstić information content (AvgIpc) is 3.24. The maximum absolute atomic E-state index is 12.1.